The average Bonchev–Trinajstić information content (AvgIpc) is 3.19. The van der Waals surface area contributed by atoms with Crippen LogP contribution in [0.3, 0.4) is 0 Å². The predicted octanol–water partition coefficient (Wildman–Crippen LogP) is 9.21. The highest BCUT2D eigenvalue weighted by Gasteiger charge is 2.61. The zero-order chi connectivity index (χ0) is 26.5. The SMILES string of the molecule is CCCCCCCCCCCCOC(=O)O[C@H]1CCC2C3C(CC[C@@]21C)[C@@]1(C)CCC(=O)C=C1C[C@H]3C. The highest BCUT2D eigenvalue weighted by molar-refractivity contribution is 5.91. The smallest absolute Gasteiger partial charge is 0.434 e. The third-order valence-corrected chi connectivity index (χ3v) is 11.2. The molecule has 0 heterocycles. The molecule has 0 bridgehead atoms. The summed E-state index contributed by atoms with van der Waals surface area (Å²) in [6.45, 7) is 9.96. The number of carbonyl (C=O) groups excluding carboxylic acids is 2. The molecule has 0 radical (unpaired) electrons. The fraction of sp³-hybridized carbons (Fsp3) is 0.879. The first kappa shape index (κ1) is 28.7. The van der Waals surface area contributed by atoms with E-state index in [0.29, 0.717) is 42.5 Å². The van der Waals surface area contributed by atoms with Crippen LogP contribution in [0.4, 0.5) is 4.79 Å². The van der Waals surface area contributed by atoms with E-state index in [-0.39, 0.29) is 16.9 Å². The van der Waals surface area contributed by atoms with Gasteiger partial charge in [-0.1, -0.05) is 91.1 Å². The van der Waals surface area contributed by atoms with Gasteiger partial charge in [-0.15, -0.1) is 0 Å². The van der Waals surface area contributed by atoms with E-state index < -0.39 is 6.16 Å². The van der Waals surface area contributed by atoms with Crippen molar-refractivity contribution >= 4 is 11.9 Å². The fourth-order valence-corrected chi connectivity index (χ4v) is 8.95. The van der Waals surface area contributed by atoms with Gasteiger partial charge in [-0.25, -0.2) is 4.79 Å². The van der Waals surface area contributed by atoms with E-state index in [4.69, 9.17) is 9.47 Å². The lowest BCUT2D eigenvalue weighted by atomic mass is 9.45. The second-order valence-electron chi connectivity index (χ2n) is 13.5. The molecule has 4 rings (SSSR count). The van der Waals surface area contributed by atoms with Crippen LogP contribution in [0.15, 0.2) is 11.6 Å². The summed E-state index contributed by atoms with van der Waals surface area (Å²) in [5, 5.41) is 0. The molecule has 0 N–H and O–H groups in total. The van der Waals surface area contributed by atoms with Crippen molar-refractivity contribution in [2.75, 3.05) is 6.61 Å². The van der Waals surface area contributed by atoms with Gasteiger partial charge in [-0.05, 0) is 80.1 Å². The fourth-order valence-electron chi connectivity index (χ4n) is 8.95. The minimum atomic E-state index is -0.454. The molecule has 4 heteroatoms. The van der Waals surface area contributed by atoms with E-state index >= 15 is 0 Å². The first-order valence-electron chi connectivity index (χ1n) is 15.9. The molecule has 0 spiro atoms. The van der Waals surface area contributed by atoms with Gasteiger partial charge in [0, 0.05) is 11.8 Å². The van der Waals surface area contributed by atoms with Crippen molar-refractivity contribution in [3.63, 3.8) is 0 Å². The van der Waals surface area contributed by atoms with E-state index in [2.05, 4.69) is 27.7 Å². The average molecular weight is 515 g/mol. The highest BCUT2D eigenvalue weighted by Crippen LogP contribution is 2.66. The maximum absolute atomic E-state index is 12.6. The number of ether oxygens (including phenoxy) is 2. The molecule has 3 unspecified atom stereocenters. The Morgan fingerprint density at radius 1 is 0.919 bits per heavy atom. The number of ketones is 1. The predicted molar refractivity (Wildman–Crippen MR) is 149 cm³/mol. The monoisotopic (exact) mass is 514 g/mol. The van der Waals surface area contributed by atoms with Gasteiger partial charge in [-0.3, -0.25) is 4.79 Å². The number of hydrogen-bond donors (Lipinski definition) is 0. The maximum Gasteiger partial charge on any atom is 0.508 e. The summed E-state index contributed by atoms with van der Waals surface area (Å²) >= 11 is 0. The van der Waals surface area contributed by atoms with Gasteiger partial charge in [-0.2, -0.15) is 0 Å². The number of fused-ring (bicyclic) bond motifs is 5. The number of hydrogen-bond acceptors (Lipinski definition) is 4. The summed E-state index contributed by atoms with van der Waals surface area (Å²) in [5.74, 6) is 2.81. The van der Waals surface area contributed by atoms with Crippen molar-refractivity contribution in [3.8, 4) is 0 Å². The Morgan fingerprint density at radius 3 is 2.30 bits per heavy atom. The minimum absolute atomic E-state index is 0.0245. The topological polar surface area (TPSA) is 52.6 Å². The van der Waals surface area contributed by atoms with Crippen molar-refractivity contribution < 1.29 is 19.1 Å². The summed E-state index contributed by atoms with van der Waals surface area (Å²) in [5.41, 5.74) is 1.65. The molecule has 3 fully saturated rings. The Bertz CT molecular complexity index is 817. The van der Waals surface area contributed by atoms with Crippen LogP contribution < -0.4 is 0 Å². The molecule has 0 saturated heterocycles. The molecule has 3 saturated carbocycles. The van der Waals surface area contributed by atoms with Crippen molar-refractivity contribution in [1.82, 2.24) is 0 Å². The second-order valence-corrected chi connectivity index (χ2v) is 13.5. The summed E-state index contributed by atoms with van der Waals surface area (Å²) in [6, 6.07) is 0. The van der Waals surface area contributed by atoms with Crippen molar-refractivity contribution in [2.45, 2.75) is 143 Å². The number of allylic oxidation sites excluding steroid dienone is 1. The molecule has 0 aromatic heterocycles. The zero-order valence-electron chi connectivity index (χ0n) is 24.3. The van der Waals surface area contributed by atoms with Crippen LogP contribution in [0.25, 0.3) is 0 Å². The van der Waals surface area contributed by atoms with Crippen molar-refractivity contribution in [1.29, 1.82) is 0 Å². The third kappa shape index (κ3) is 6.30. The molecule has 37 heavy (non-hydrogen) atoms. The van der Waals surface area contributed by atoms with Crippen molar-refractivity contribution in [2.24, 2.45) is 34.5 Å². The van der Waals surface area contributed by atoms with Gasteiger partial charge in [0.15, 0.2) is 5.78 Å². The quantitative estimate of drug-likeness (QED) is 0.192. The van der Waals surface area contributed by atoms with Crippen LogP contribution in [0, 0.1) is 34.5 Å². The standard InChI is InChI=1S/C33H54O4/c1-5-6-7-8-9-10-11-12-13-14-21-36-31(35)37-29-16-15-27-30-24(2)22-25-23-26(34)17-19-32(25,3)28(30)18-20-33(27,29)4/h23-24,27-30H,5-22H2,1-4H3/t24-,27?,28?,29+,30?,32+,33+/m1/s1. The number of rotatable bonds is 12. The summed E-state index contributed by atoms with van der Waals surface area (Å²) in [6.07, 6.45) is 21.4. The zero-order valence-corrected chi connectivity index (χ0v) is 24.3. The van der Waals surface area contributed by atoms with Crippen LogP contribution in [0.1, 0.15) is 137 Å². The van der Waals surface area contributed by atoms with Crippen LogP contribution in [-0.2, 0) is 14.3 Å². The van der Waals surface area contributed by atoms with Gasteiger partial charge in [0.25, 0.3) is 0 Å². The highest BCUT2D eigenvalue weighted by atomic mass is 16.7. The summed E-state index contributed by atoms with van der Waals surface area (Å²) in [4.78, 5) is 24.8. The molecule has 7 atom stereocenters. The molecule has 4 nitrogen and oxygen atoms in total. The van der Waals surface area contributed by atoms with Gasteiger partial charge in [0.1, 0.15) is 6.10 Å². The molecular formula is C33H54O4. The molecule has 210 valence electrons. The van der Waals surface area contributed by atoms with Gasteiger partial charge < -0.3 is 9.47 Å². The number of unbranched alkanes of at least 4 members (excludes halogenated alkanes) is 9. The van der Waals surface area contributed by atoms with E-state index in [1.54, 1.807) is 0 Å². The summed E-state index contributed by atoms with van der Waals surface area (Å²) < 4.78 is 11.5. The molecular weight excluding hydrogens is 460 g/mol. The van der Waals surface area contributed by atoms with Gasteiger partial charge >= 0.3 is 6.16 Å². The van der Waals surface area contributed by atoms with Crippen LogP contribution >= 0.6 is 0 Å². The Kier molecular flexibility index (Phi) is 9.84. The van der Waals surface area contributed by atoms with Crippen LogP contribution in [0.5, 0.6) is 0 Å². The lowest BCUT2D eigenvalue weighted by Crippen LogP contribution is -2.54. The van der Waals surface area contributed by atoms with Gasteiger partial charge in [0.05, 0.1) is 6.61 Å². The molecule has 0 amide bonds. The summed E-state index contributed by atoms with van der Waals surface area (Å²) in [7, 11) is 0. The van der Waals surface area contributed by atoms with Crippen LogP contribution in [-0.4, -0.2) is 24.6 Å². The lowest BCUT2D eigenvalue weighted by Gasteiger charge is -2.59. The third-order valence-electron chi connectivity index (χ3n) is 11.2. The molecule has 4 aliphatic carbocycles. The Hall–Kier alpha value is -1.32. The molecule has 0 aromatic rings. The Labute approximate surface area is 226 Å². The van der Waals surface area contributed by atoms with Gasteiger partial charge in [0.2, 0.25) is 0 Å². The van der Waals surface area contributed by atoms with E-state index in [0.717, 1.165) is 44.9 Å². The minimum Gasteiger partial charge on any atom is -0.434 e. The Morgan fingerprint density at radius 2 is 1.59 bits per heavy atom. The molecule has 4 aliphatic rings. The normalized spacial score (nSPS) is 36.8. The first-order valence-corrected chi connectivity index (χ1v) is 15.9. The van der Waals surface area contributed by atoms with E-state index in [1.165, 1.54) is 63.4 Å². The van der Waals surface area contributed by atoms with Crippen LogP contribution in [0.2, 0.25) is 0 Å². The van der Waals surface area contributed by atoms with E-state index in [9.17, 15) is 9.59 Å². The second kappa shape index (κ2) is 12.7. The molecule has 0 aromatic carbocycles. The van der Waals surface area contributed by atoms with E-state index in [1.807, 2.05) is 6.08 Å². The molecule has 0 aliphatic heterocycles. The first-order chi connectivity index (χ1) is 17.8. The maximum atomic E-state index is 12.6. The van der Waals surface area contributed by atoms with Crippen molar-refractivity contribution in [3.05, 3.63) is 11.6 Å². The largest absolute Gasteiger partial charge is 0.508 e. The Balaban J connectivity index is 1.21. The lowest BCUT2D eigenvalue weighted by molar-refractivity contribution is -0.120. The number of carbonyl (C=O) groups is 2.